The Labute approximate surface area is 115 Å². The number of aliphatic hydroxyl groups excluding tert-OH is 1. The van der Waals surface area contributed by atoms with E-state index in [1.807, 2.05) is 18.0 Å². The molecule has 1 aromatic carbocycles. The van der Waals surface area contributed by atoms with Gasteiger partial charge in [-0.15, -0.1) is 0 Å². The van der Waals surface area contributed by atoms with Gasteiger partial charge in [-0.2, -0.15) is 0 Å². The average molecular weight is 268 g/mol. The summed E-state index contributed by atoms with van der Waals surface area (Å²) in [7, 11) is 1.93. The molecular formula is C15H25FN2O. The third-order valence-electron chi connectivity index (χ3n) is 3.12. The lowest BCUT2D eigenvalue weighted by atomic mass is 10.1. The van der Waals surface area contributed by atoms with Gasteiger partial charge in [-0.3, -0.25) is 0 Å². The second-order valence-corrected chi connectivity index (χ2v) is 4.97. The van der Waals surface area contributed by atoms with Gasteiger partial charge in [0.15, 0.2) is 0 Å². The molecule has 4 heteroatoms. The molecule has 0 aromatic heterocycles. The van der Waals surface area contributed by atoms with Crippen molar-refractivity contribution in [2.45, 2.75) is 39.3 Å². The fourth-order valence-electron chi connectivity index (χ4n) is 1.97. The van der Waals surface area contributed by atoms with Crippen LogP contribution >= 0.6 is 0 Å². The minimum Gasteiger partial charge on any atom is -0.393 e. The topological polar surface area (TPSA) is 35.5 Å². The molecule has 1 unspecified atom stereocenters. The number of benzene rings is 1. The Kier molecular flexibility index (Phi) is 6.81. The van der Waals surface area contributed by atoms with Crippen LogP contribution in [0.15, 0.2) is 18.2 Å². The highest BCUT2D eigenvalue weighted by Gasteiger charge is 2.12. The number of nitrogens with one attached hydrogen (secondary N) is 1. The molecule has 0 aliphatic rings. The fourth-order valence-corrected chi connectivity index (χ4v) is 1.97. The van der Waals surface area contributed by atoms with Crippen molar-refractivity contribution in [3.8, 4) is 0 Å². The zero-order valence-corrected chi connectivity index (χ0v) is 12.1. The average Bonchev–Trinajstić information content (AvgIpc) is 2.38. The van der Waals surface area contributed by atoms with E-state index in [4.69, 9.17) is 0 Å². The van der Waals surface area contributed by atoms with Crippen molar-refractivity contribution < 1.29 is 9.50 Å². The molecule has 0 bridgehead atoms. The van der Waals surface area contributed by atoms with Gasteiger partial charge in [-0.05, 0) is 38.4 Å². The first-order chi connectivity index (χ1) is 9.06. The smallest absolute Gasteiger partial charge is 0.129 e. The summed E-state index contributed by atoms with van der Waals surface area (Å²) in [6, 6.07) is 5.15. The summed E-state index contributed by atoms with van der Waals surface area (Å²) in [6.45, 7) is 5.98. The van der Waals surface area contributed by atoms with Crippen LogP contribution in [0.3, 0.4) is 0 Å². The zero-order valence-electron chi connectivity index (χ0n) is 12.1. The zero-order chi connectivity index (χ0) is 14.3. The highest BCUT2D eigenvalue weighted by molar-refractivity contribution is 5.53. The van der Waals surface area contributed by atoms with Crippen LogP contribution in [0.4, 0.5) is 10.1 Å². The molecule has 0 saturated heterocycles. The van der Waals surface area contributed by atoms with E-state index in [-0.39, 0.29) is 11.9 Å². The first-order valence-electron chi connectivity index (χ1n) is 6.93. The SMILES string of the molecule is CCCNCc1c(F)cccc1N(C)CCC(C)O. The second kappa shape index (κ2) is 8.12. The van der Waals surface area contributed by atoms with Gasteiger partial charge in [0.05, 0.1) is 6.10 Å². The Morgan fingerprint density at radius 2 is 2.16 bits per heavy atom. The number of hydrogen-bond acceptors (Lipinski definition) is 3. The molecule has 1 rings (SSSR count). The molecule has 0 heterocycles. The van der Waals surface area contributed by atoms with E-state index in [9.17, 15) is 9.50 Å². The van der Waals surface area contributed by atoms with Crippen LogP contribution in [0.5, 0.6) is 0 Å². The normalized spacial score (nSPS) is 12.5. The molecule has 0 radical (unpaired) electrons. The van der Waals surface area contributed by atoms with E-state index >= 15 is 0 Å². The van der Waals surface area contributed by atoms with Crippen molar-refractivity contribution in [3.05, 3.63) is 29.6 Å². The first kappa shape index (κ1) is 15.9. The molecule has 0 amide bonds. The second-order valence-electron chi connectivity index (χ2n) is 4.97. The van der Waals surface area contributed by atoms with Crippen molar-refractivity contribution >= 4 is 5.69 Å². The van der Waals surface area contributed by atoms with Gasteiger partial charge in [0.2, 0.25) is 0 Å². The van der Waals surface area contributed by atoms with Gasteiger partial charge in [0.1, 0.15) is 5.82 Å². The van der Waals surface area contributed by atoms with Gasteiger partial charge in [0, 0.05) is 31.4 Å². The maximum atomic E-state index is 13.9. The summed E-state index contributed by atoms with van der Waals surface area (Å²) in [6.07, 6.45) is 1.37. The molecule has 3 nitrogen and oxygen atoms in total. The van der Waals surface area contributed by atoms with E-state index in [1.54, 1.807) is 13.0 Å². The van der Waals surface area contributed by atoms with Crippen molar-refractivity contribution in [3.63, 3.8) is 0 Å². The largest absolute Gasteiger partial charge is 0.393 e. The van der Waals surface area contributed by atoms with E-state index in [0.717, 1.165) is 18.7 Å². The minimum absolute atomic E-state index is 0.176. The van der Waals surface area contributed by atoms with Crippen LogP contribution < -0.4 is 10.2 Å². The number of nitrogens with zero attached hydrogens (tertiary/aromatic N) is 1. The Hall–Kier alpha value is -1.13. The van der Waals surface area contributed by atoms with Crippen LogP contribution in [0, 0.1) is 5.82 Å². The number of rotatable bonds is 8. The molecule has 0 aliphatic carbocycles. The summed E-state index contributed by atoms with van der Waals surface area (Å²) >= 11 is 0. The summed E-state index contributed by atoms with van der Waals surface area (Å²) in [5.41, 5.74) is 1.59. The molecule has 0 fully saturated rings. The highest BCUT2D eigenvalue weighted by atomic mass is 19.1. The Bertz CT molecular complexity index is 382. The maximum Gasteiger partial charge on any atom is 0.129 e. The molecule has 2 N–H and O–H groups in total. The lowest BCUT2D eigenvalue weighted by Gasteiger charge is -2.23. The van der Waals surface area contributed by atoms with Crippen molar-refractivity contribution in [1.29, 1.82) is 0 Å². The third-order valence-corrected chi connectivity index (χ3v) is 3.12. The van der Waals surface area contributed by atoms with Crippen LogP contribution in [0.2, 0.25) is 0 Å². The lowest BCUT2D eigenvalue weighted by molar-refractivity contribution is 0.187. The summed E-state index contributed by atoms with van der Waals surface area (Å²) < 4.78 is 13.9. The van der Waals surface area contributed by atoms with Gasteiger partial charge < -0.3 is 15.3 Å². The van der Waals surface area contributed by atoms with E-state index < -0.39 is 0 Å². The van der Waals surface area contributed by atoms with E-state index in [2.05, 4.69) is 12.2 Å². The molecular weight excluding hydrogens is 243 g/mol. The summed E-state index contributed by atoms with van der Waals surface area (Å²) in [5, 5.41) is 12.6. The monoisotopic (exact) mass is 268 g/mol. The van der Waals surface area contributed by atoms with Gasteiger partial charge in [-0.1, -0.05) is 13.0 Å². The number of hydrogen-bond donors (Lipinski definition) is 2. The third kappa shape index (κ3) is 5.17. The standard InChI is InChI=1S/C15H25FN2O/c1-4-9-17-11-13-14(16)6-5-7-15(13)18(3)10-8-12(2)19/h5-7,12,17,19H,4,8-11H2,1-3H3. The molecule has 108 valence electrons. The Morgan fingerprint density at radius 1 is 1.42 bits per heavy atom. The minimum atomic E-state index is -0.335. The number of anilines is 1. The quantitative estimate of drug-likeness (QED) is 0.711. The van der Waals surface area contributed by atoms with Crippen molar-refractivity contribution in [1.82, 2.24) is 5.32 Å². The maximum absolute atomic E-state index is 13.9. The predicted molar refractivity (Wildman–Crippen MR) is 78.0 cm³/mol. The lowest BCUT2D eigenvalue weighted by Crippen LogP contribution is -2.25. The van der Waals surface area contributed by atoms with Gasteiger partial charge in [0.25, 0.3) is 0 Å². The fraction of sp³-hybridized carbons (Fsp3) is 0.600. The van der Waals surface area contributed by atoms with Crippen LogP contribution in [0.1, 0.15) is 32.3 Å². The van der Waals surface area contributed by atoms with Crippen LogP contribution in [-0.4, -0.2) is 31.3 Å². The Balaban J connectivity index is 2.77. The molecule has 1 atom stereocenters. The molecule has 0 saturated carbocycles. The summed E-state index contributed by atoms with van der Waals surface area (Å²) in [4.78, 5) is 2.00. The number of halogens is 1. The Morgan fingerprint density at radius 3 is 2.79 bits per heavy atom. The van der Waals surface area contributed by atoms with E-state index in [0.29, 0.717) is 25.1 Å². The van der Waals surface area contributed by atoms with Crippen LogP contribution in [-0.2, 0) is 6.54 Å². The van der Waals surface area contributed by atoms with Crippen molar-refractivity contribution in [2.75, 3.05) is 25.0 Å². The van der Waals surface area contributed by atoms with Crippen LogP contribution in [0.25, 0.3) is 0 Å². The first-order valence-corrected chi connectivity index (χ1v) is 6.93. The predicted octanol–water partition coefficient (Wildman–Crippen LogP) is 2.53. The van der Waals surface area contributed by atoms with E-state index in [1.165, 1.54) is 6.07 Å². The van der Waals surface area contributed by atoms with Crippen molar-refractivity contribution in [2.24, 2.45) is 0 Å². The molecule has 1 aromatic rings. The molecule has 0 spiro atoms. The molecule has 0 aliphatic heterocycles. The number of aliphatic hydroxyl groups is 1. The molecule has 19 heavy (non-hydrogen) atoms. The summed E-state index contributed by atoms with van der Waals surface area (Å²) in [5.74, 6) is -0.176. The highest BCUT2D eigenvalue weighted by Crippen LogP contribution is 2.22. The van der Waals surface area contributed by atoms with Gasteiger partial charge >= 0.3 is 0 Å². The van der Waals surface area contributed by atoms with Gasteiger partial charge in [-0.25, -0.2) is 4.39 Å².